The molecule has 0 saturated carbocycles. The Morgan fingerprint density at radius 3 is 3.06 bits per heavy atom. The first-order valence-corrected chi connectivity index (χ1v) is 5.77. The predicted molar refractivity (Wildman–Crippen MR) is 62.2 cm³/mol. The summed E-state index contributed by atoms with van der Waals surface area (Å²) in [5.74, 6) is 0.350. The topological polar surface area (TPSA) is 47.6 Å². The van der Waals surface area contributed by atoms with Gasteiger partial charge < -0.3 is 14.8 Å². The average Bonchev–Trinajstić information content (AvgIpc) is 2.34. The van der Waals surface area contributed by atoms with E-state index in [2.05, 4.69) is 10.1 Å². The molecule has 0 aromatic rings. The van der Waals surface area contributed by atoms with Crippen molar-refractivity contribution in [3.05, 3.63) is 11.6 Å². The Bertz CT molecular complexity index is 245. The molecule has 1 heterocycles. The van der Waals surface area contributed by atoms with Gasteiger partial charge in [-0.1, -0.05) is 6.08 Å². The van der Waals surface area contributed by atoms with Crippen molar-refractivity contribution in [1.29, 1.82) is 0 Å². The number of carbonyl (C=O) groups excluding carboxylic acids is 1. The fourth-order valence-corrected chi connectivity index (χ4v) is 1.73. The molecule has 16 heavy (non-hydrogen) atoms. The highest BCUT2D eigenvalue weighted by atomic mass is 16.5. The summed E-state index contributed by atoms with van der Waals surface area (Å²) in [7, 11) is 1.40. The molecule has 1 aliphatic heterocycles. The number of ether oxygens (including phenoxy) is 2. The van der Waals surface area contributed by atoms with E-state index in [1.165, 1.54) is 13.5 Å². The Labute approximate surface area is 97.0 Å². The number of methoxy groups -OCH3 is 1. The Kier molecular flexibility index (Phi) is 6.11. The molecule has 1 aliphatic rings. The van der Waals surface area contributed by atoms with Crippen molar-refractivity contribution < 1.29 is 14.3 Å². The lowest BCUT2D eigenvalue weighted by Crippen LogP contribution is -2.29. The molecule has 4 heteroatoms. The van der Waals surface area contributed by atoms with Gasteiger partial charge in [0, 0.05) is 25.3 Å². The zero-order chi connectivity index (χ0) is 11.8. The predicted octanol–water partition coefficient (Wildman–Crippen LogP) is 1.12. The normalized spacial score (nSPS) is 21.9. The summed E-state index contributed by atoms with van der Waals surface area (Å²) in [6.07, 6.45) is 4.24. The van der Waals surface area contributed by atoms with Crippen molar-refractivity contribution in [3.63, 3.8) is 0 Å². The van der Waals surface area contributed by atoms with Crippen LogP contribution in [0, 0.1) is 5.92 Å². The second kappa shape index (κ2) is 7.41. The van der Waals surface area contributed by atoms with Crippen LogP contribution in [-0.4, -0.2) is 39.4 Å². The molecule has 1 unspecified atom stereocenters. The fraction of sp³-hybridized carbons (Fsp3) is 0.750. The zero-order valence-corrected chi connectivity index (χ0v) is 10.1. The van der Waals surface area contributed by atoms with Gasteiger partial charge in [0.05, 0.1) is 13.7 Å². The maximum atomic E-state index is 11.1. The van der Waals surface area contributed by atoms with Gasteiger partial charge >= 0.3 is 5.97 Å². The molecule has 1 saturated heterocycles. The van der Waals surface area contributed by atoms with Crippen LogP contribution in [-0.2, 0) is 14.3 Å². The molecule has 1 fully saturated rings. The van der Waals surface area contributed by atoms with E-state index in [9.17, 15) is 4.79 Å². The minimum atomic E-state index is -0.261. The van der Waals surface area contributed by atoms with E-state index in [1.807, 2.05) is 6.08 Å². The fourth-order valence-electron chi connectivity index (χ4n) is 1.73. The summed E-state index contributed by atoms with van der Waals surface area (Å²) >= 11 is 0. The third kappa shape index (κ3) is 4.77. The van der Waals surface area contributed by atoms with Crippen molar-refractivity contribution in [1.82, 2.24) is 5.32 Å². The molecule has 0 aliphatic carbocycles. The standard InChI is InChI=1S/C12H21NO3/c1-10(12(14)15-2)5-6-13-8-11-4-3-7-16-9-11/h5,11,13H,3-4,6-9H2,1-2H3. The number of rotatable bonds is 5. The zero-order valence-electron chi connectivity index (χ0n) is 10.1. The average molecular weight is 227 g/mol. The van der Waals surface area contributed by atoms with Gasteiger partial charge in [-0.05, 0) is 25.7 Å². The number of hydrogen-bond donors (Lipinski definition) is 1. The van der Waals surface area contributed by atoms with E-state index < -0.39 is 0 Å². The van der Waals surface area contributed by atoms with Gasteiger partial charge in [-0.2, -0.15) is 0 Å². The highest BCUT2D eigenvalue weighted by Gasteiger charge is 2.12. The van der Waals surface area contributed by atoms with Gasteiger partial charge in [0.1, 0.15) is 0 Å². The van der Waals surface area contributed by atoms with E-state index in [4.69, 9.17) is 4.74 Å². The Balaban J connectivity index is 2.12. The molecule has 1 N–H and O–H groups in total. The van der Waals surface area contributed by atoms with Crippen LogP contribution >= 0.6 is 0 Å². The first kappa shape index (κ1) is 13.2. The van der Waals surface area contributed by atoms with Crippen molar-refractivity contribution in [2.45, 2.75) is 19.8 Å². The summed E-state index contributed by atoms with van der Waals surface area (Å²) < 4.78 is 9.99. The smallest absolute Gasteiger partial charge is 0.333 e. The molecule has 0 bridgehead atoms. The minimum Gasteiger partial charge on any atom is -0.466 e. The molecule has 4 nitrogen and oxygen atoms in total. The van der Waals surface area contributed by atoms with Crippen LogP contribution in [0.1, 0.15) is 19.8 Å². The molecule has 0 amide bonds. The van der Waals surface area contributed by atoms with Crippen molar-refractivity contribution >= 4 is 5.97 Å². The number of nitrogens with one attached hydrogen (secondary N) is 1. The van der Waals surface area contributed by atoms with Gasteiger partial charge in [0.2, 0.25) is 0 Å². The first-order chi connectivity index (χ1) is 7.74. The van der Waals surface area contributed by atoms with Gasteiger partial charge in [-0.15, -0.1) is 0 Å². The third-order valence-corrected chi connectivity index (χ3v) is 2.75. The maximum Gasteiger partial charge on any atom is 0.333 e. The number of carbonyl (C=O) groups is 1. The molecule has 1 rings (SSSR count). The Hall–Kier alpha value is -0.870. The van der Waals surface area contributed by atoms with Crippen LogP contribution in [0.5, 0.6) is 0 Å². The summed E-state index contributed by atoms with van der Waals surface area (Å²) in [6, 6.07) is 0. The van der Waals surface area contributed by atoms with Gasteiger partial charge in [-0.25, -0.2) is 4.79 Å². The summed E-state index contributed by atoms with van der Waals surface area (Å²) in [4.78, 5) is 11.1. The highest BCUT2D eigenvalue weighted by molar-refractivity contribution is 5.87. The largest absolute Gasteiger partial charge is 0.466 e. The molecular weight excluding hydrogens is 206 g/mol. The lowest BCUT2D eigenvalue weighted by atomic mass is 10.0. The van der Waals surface area contributed by atoms with E-state index in [1.54, 1.807) is 6.92 Å². The molecular formula is C12H21NO3. The van der Waals surface area contributed by atoms with Crippen LogP contribution in [0.2, 0.25) is 0 Å². The van der Waals surface area contributed by atoms with Crippen molar-refractivity contribution in [2.75, 3.05) is 33.4 Å². The van der Waals surface area contributed by atoms with Crippen LogP contribution in [0.4, 0.5) is 0 Å². The van der Waals surface area contributed by atoms with Gasteiger partial charge in [0.15, 0.2) is 0 Å². The molecule has 0 spiro atoms. The monoisotopic (exact) mass is 227 g/mol. The second-order valence-corrected chi connectivity index (χ2v) is 4.12. The quantitative estimate of drug-likeness (QED) is 0.434. The SMILES string of the molecule is COC(=O)C(C)=CCNCC1CCCOC1. The summed E-state index contributed by atoms with van der Waals surface area (Å²) in [5, 5.41) is 3.30. The molecule has 0 aromatic heterocycles. The van der Waals surface area contributed by atoms with Gasteiger partial charge in [-0.3, -0.25) is 0 Å². The van der Waals surface area contributed by atoms with Gasteiger partial charge in [0.25, 0.3) is 0 Å². The van der Waals surface area contributed by atoms with E-state index >= 15 is 0 Å². The van der Waals surface area contributed by atoms with Crippen LogP contribution in [0.15, 0.2) is 11.6 Å². The minimum absolute atomic E-state index is 0.261. The lowest BCUT2D eigenvalue weighted by Gasteiger charge is -2.21. The van der Waals surface area contributed by atoms with Crippen LogP contribution < -0.4 is 5.32 Å². The highest BCUT2D eigenvalue weighted by Crippen LogP contribution is 2.11. The summed E-state index contributed by atoms with van der Waals surface area (Å²) in [6.45, 7) is 5.17. The third-order valence-electron chi connectivity index (χ3n) is 2.75. The molecule has 1 atom stereocenters. The Morgan fingerprint density at radius 2 is 2.44 bits per heavy atom. The molecule has 0 radical (unpaired) electrons. The second-order valence-electron chi connectivity index (χ2n) is 4.12. The van der Waals surface area contributed by atoms with E-state index in [0.29, 0.717) is 18.0 Å². The molecule has 0 aromatic carbocycles. The number of esters is 1. The first-order valence-electron chi connectivity index (χ1n) is 5.77. The Morgan fingerprint density at radius 1 is 1.62 bits per heavy atom. The maximum absolute atomic E-state index is 11.1. The van der Waals surface area contributed by atoms with Crippen molar-refractivity contribution in [3.8, 4) is 0 Å². The van der Waals surface area contributed by atoms with Crippen LogP contribution in [0.3, 0.4) is 0 Å². The number of hydrogen-bond acceptors (Lipinski definition) is 4. The van der Waals surface area contributed by atoms with Crippen molar-refractivity contribution in [2.24, 2.45) is 5.92 Å². The van der Waals surface area contributed by atoms with Crippen LogP contribution in [0.25, 0.3) is 0 Å². The lowest BCUT2D eigenvalue weighted by molar-refractivity contribution is -0.136. The van der Waals surface area contributed by atoms with E-state index in [-0.39, 0.29) is 5.97 Å². The van der Waals surface area contributed by atoms with E-state index in [0.717, 1.165) is 26.2 Å². The molecule has 92 valence electrons. The summed E-state index contributed by atoms with van der Waals surface area (Å²) in [5.41, 5.74) is 0.648.